The smallest absolute Gasteiger partial charge is 0.340 e. The fourth-order valence-corrected chi connectivity index (χ4v) is 2.71. The highest BCUT2D eigenvalue weighted by Gasteiger charge is 2.23. The fraction of sp³-hybridized carbons (Fsp3) is 0.235. The van der Waals surface area contributed by atoms with Crippen molar-refractivity contribution < 1.29 is 28.2 Å². The Hall–Kier alpha value is -2.79. The number of nitrogens with two attached hydrogens (primary N) is 1. The Bertz CT molecular complexity index is 965. The number of aliphatic hydroxyl groups is 1. The van der Waals surface area contributed by atoms with Crippen molar-refractivity contribution in [3.63, 3.8) is 0 Å². The second-order valence-electron chi connectivity index (χ2n) is 5.51. The molecular weight excluding hydrogens is 444 g/mol. The maximum absolute atomic E-state index is 14.5. The zero-order valence-electron chi connectivity index (χ0n) is 14.4. The van der Waals surface area contributed by atoms with Gasteiger partial charge in [0.15, 0.2) is 5.82 Å². The van der Waals surface area contributed by atoms with Crippen molar-refractivity contribution in [1.29, 1.82) is 0 Å². The molecule has 0 bridgehead atoms. The summed E-state index contributed by atoms with van der Waals surface area (Å²) in [6, 6.07) is 3.01. The summed E-state index contributed by atoms with van der Waals surface area (Å²) in [5, 5.41) is 11.5. The van der Waals surface area contributed by atoms with E-state index in [9.17, 15) is 23.2 Å². The van der Waals surface area contributed by atoms with Crippen LogP contribution in [0.3, 0.4) is 0 Å². The van der Waals surface area contributed by atoms with Gasteiger partial charge in [0.05, 0.1) is 17.9 Å². The normalized spacial score (nSPS) is 10.6. The second-order valence-corrected chi connectivity index (χ2v) is 6.42. The Kier molecular flexibility index (Phi) is 7.24. The number of halogens is 3. The van der Waals surface area contributed by atoms with Gasteiger partial charge < -0.3 is 20.9 Å². The number of carbonyl (C=O) groups excluding carboxylic acids is 2. The van der Waals surface area contributed by atoms with E-state index < -0.39 is 41.4 Å². The summed E-state index contributed by atoms with van der Waals surface area (Å²) in [6.07, 6.45) is 0.586. The average molecular weight is 460 g/mol. The van der Waals surface area contributed by atoms with Gasteiger partial charge in [-0.1, -0.05) is 15.9 Å². The van der Waals surface area contributed by atoms with Crippen LogP contribution in [0.25, 0.3) is 0 Å². The van der Waals surface area contributed by atoms with Crippen molar-refractivity contribution in [2.24, 2.45) is 5.73 Å². The summed E-state index contributed by atoms with van der Waals surface area (Å²) >= 11 is 3.12. The number of carbonyl (C=O) groups is 2. The Morgan fingerprint density at radius 3 is 2.64 bits per heavy atom. The molecule has 0 spiro atoms. The van der Waals surface area contributed by atoms with Gasteiger partial charge in [-0.05, 0) is 24.6 Å². The van der Waals surface area contributed by atoms with E-state index in [4.69, 9.17) is 15.6 Å². The van der Waals surface area contributed by atoms with Gasteiger partial charge in [-0.25, -0.2) is 22.9 Å². The molecule has 1 aromatic carbocycles. The quantitative estimate of drug-likeness (QED) is 0.540. The predicted molar refractivity (Wildman–Crippen MR) is 99.3 cm³/mol. The number of aliphatic hydroxyl groups excluding tert-OH is 1. The second kappa shape index (κ2) is 9.42. The van der Waals surface area contributed by atoms with E-state index in [0.29, 0.717) is 4.47 Å². The van der Waals surface area contributed by atoms with Crippen LogP contribution < -0.4 is 16.6 Å². The Morgan fingerprint density at radius 2 is 2.04 bits per heavy atom. The molecule has 1 aromatic heterocycles. The Morgan fingerprint density at radius 1 is 1.32 bits per heavy atom. The number of nitrogens with one attached hydrogen (secondary N) is 1. The standard InChI is InChI=1S/C17H16BrF2N3O5/c18-9-1-2-13(12(19)7-9)22-4-3-10-11(16(26)28-6-5-24)8-23(17(21)27)15(25)14(10)20/h1-2,7-8,22,24H,3-6H2,(H2,21,27). The Balaban J connectivity index is 2.32. The third kappa shape index (κ3) is 4.93. The van der Waals surface area contributed by atoms with Crippen LogP contribution in [-0.4, -0.2) is 41.4 Å². The molecule has 0 aliphatic heterocycles. The van der Waals surface area contributed by atoms with Gasteiger partial charge in [-0.3, -0.25) is 4.79 Å². The van der Waals surface area contributed by atoms with Gasteiger partial charge in [0.1, 0.15) is 12.4 Å². The van der Waals surface area contributed by atoms with E-state index in [1.807, 2.05) is 0 Å². The minimum absolute atomic E-state index is 0.0320. The number of pyridine rings is 1. The number of anilines is 1. The van der Waals surface area contributed by atoms with Gasteiger partial charge in [0.25, 0.3) is 5.56 Å². The summed E-state index contributed by atoms with van der Waals surface area (Å²) in [7, 11) is 0. The van der Waals surface area contributed by atoms with E-state index in [1.165, 1.54) is 12.1 Å². The van der Waals surface area contributed by atoms with Crippen LogP contribution in [0.1, 0.15) is 15.9 Å². The van der Waals surface area contributed by atoms with Crippen molar-refractivity contribution in [2.75, 3.05) is 25.1 Å². The lowest BCUT2D eigenvalue weighted by Crippen LogP contribution is -2.35. The lowest BCUT2D eigenvalue weighted by Gasteiger charge is -2.13. The lowest BCUT2D eigenvalue weighted by molar-refractivity contribution is 0.0431. The van der Waals surface area contributed by atoms with Gasteiger partial charge >= 0.3 is 12.0 Å². The molecule has 2 rings (SSSR count). The number of ether oxygens (including phenoxy) is 1. The highest BCUT2D eigenvalue weighted by molar-refractivity contribution is 9.10. The molecule has 8 nitrogen and oxygen atoms in total. The first-order chi connectivity index (χ1) is 13.3. The molecule has 0 radical (unpaired) electrons. The zero-order chi connectivity index (χ0) is 20.8. The highest BCUT2D eigenvalue weighted by Crippen LogP contribution is 2.20. The van der Waals surface area contributed by atoms with Crippen molar-refractivity contribution >= 4 is 33.6 Å². The number of hydrogen-bond donors (Lipinski definition) is 3. The molecule has 0 saturated carbocycles. The molecular formula is C17H16BrF2N3O5. The SMILES string of the molecule is NC(=O)n1cc(C(=O)OCCO)c(CCNc2ccc(Br)cc2F)c(F)c1=O. The third-order valence-electron chi connectivity index (χ3n) is 3.66. The first kappa shape index (κ1) is 21.5. The zero-order valence-corrected chi connectivity index (χ0v) is 16.0. The molecule has 0 atom stereocenters. The fourth-order valence-electron chi connectivity index (χ4n) is 2.37. The van der Waals surface area contributed by atoms with Crippen LogP contribution in [0.5, 0.6) is 0 Å². The summed E-state index contributed by atoms with van der Waals surface area (Å²) in [4.78, 5) is 35.4. The van der Waals surface area contributed by atoms with Crippen LogP contribution in [0.4, 0.5) is 19.3 Å². The van der Waals surface area contributed by atoms with Crippen LogP contribution in [0, 0.1) is 11.6 Å². The van der Waals surface area contributed by atoms with Gasteiger partial charge in [-0.2, -0.15) is 0 Å². The number of nitrogens with zero attached hydrogens (tertiary/aromatic N) is 1. The number of amides is 1. The number of hydrogen-bond acceptors (Lipinski definition) is 6. The van der Waals surface area contributed by atoms with E-state index in [-0.39, 0.29) is 35.4 Å². The summed E-state index contributed by atoms with van der Waals surface area (Å²) in [6.45, 7) is -0.864. The number of rotatable bonds is 7. The van der Waals surface area contributed by atoms with E-state index in [2.05, 4.69) is 21.2 Å². The molecule has 1 heterocycles. The number of aromatic nitrogens is 1. The molecule has 28 heavy (non-hydrogen) atoms. The van der Waals surface area contributed by atoms with E-state index in [1.54, 1.807) is 6.07 Å². The summed E-state index contributed by atoms with van der Waals surface area (Å²) in [5.41, 5.74) is 3.11. The first-order valence-corrected chi connectivity index (χ1v) is 8.76. The third-order valence-corrected chi connectivity index (χ3v) is 4.15. The maximum atomic E-state index is 14.5. The van der Waals surface area contributed by atoms with Gasteiger partial charge in [-0.15, -0.1) is 0 Å². The number of benzene rings is 1. The minimum atomic E-state index is -1.35. The maximum Gasteiger partial charge on any atom is 0.340 e. The summed E-state index contributed by atoms with van der Waals surface area (Å²) in [5.74, 6) is -2.95. The molecule has 0 saturated heterocycles. The predicted octanol–water partition coefficient (Wildman–Crippen LogP) is 1.62. The lowest BCUT2D eigenvalue weighted by atomic mass is 10.1. The average Bonchev–Trinajstić information content (AvgIpc) is 2.64. The van der Waals surface area contributed by atoms with E-state index >= 15 is 0 Å². The highest BCUT2D eigenvalue weighted by atomic mass is 79.9. The van der Waals surface area contributed by atoms with Crippen LogP contribution in [-0.2, 0) is 11.2 Å². The minimum Gasteiger partial charge on any atom is -0.460 e. The first-order valence-electron chi connectivity index (χ1n) is 7.97. The van der Waals surface area contributed by atoms with Crippen LogP contribution in [0.15, 0.2) is 33.7 Å². The molecule has 4 N–H and O–H groups in total. The topological polar surface area (TPSA) is 124 Å². The van der Waals surface area contributed by atoms with E-state index in [0.717, 1.165) is 6.20 Å². The van der Waals surface area contributed by atoms with Crippen LogP contribution in [0.2, 0.25) is 0 Å². The molecule has 0 fully saturated rings. The van der Waals surface area contributed by atoms with Crippen molar-refractivity contribution in [2.45, 2.75) is 6.42 Å². The molecule has 150 valence electrons. The molecule has 0 unspecified atom stereocenters. The van der Waals surface area contributed by atoms with Crippen molar-refractivity contribution in [3.05, 3.63) is 62.0 Å². The molecule has 2 aromatic rings. The Labute approximate surface area is 166 Å². The molecule has 11 heteroatoms. The summed E-state index contributed by atoms with van der Waals surface area (Å²) < 4.78 is 33.9. The number of esters is 1. The van der Waals surface area contributed by atoms with Gasteiger partial charge in [0.2, 0.25) is 0 Å². The van der Waals surface area contributed by atoms with Crippen LogP contribution >= 0.6 is 15.9 Å². The van der Waals surface area contributed by atoms with Gasteiger partial charge in [0, 0.05) is 22.8 Å². The van der Waals surface area contributed by atoms with Crippen molar-refractivity contribution in [1.82, 2.24) is 4.57 Å². The molecule has 0 aliphatic rings. The number of primary amides is 1. The molecule has 0 aliphatic carbocycles. The molecule has 1 amide bonds. The largest absolute Gasteiger partial charge is 0.460 e. The monoisotopic (exact) mass is 459 g/mol. The van der Waals surface area contributed by atoms with Crippen molar-refractivity contribution in [3.8, 4) is 0 Å².